The van der Waals surface area contributed by atoms with E-state index in [1.807, 2.05) is 0 Å². The van der Waals surface area contributed by atoms with Gasteiger partial charge in [0.1, 0.15) is 11.6 Å². The molecule has 1 fully saturated rings. The van der Waals surface area contributed by atoms with Crippen molar-refractivity contribution in [2.24, 2.45) is 0 Å². The molecular formula is C22H24F2N4O. The van der Waals surface area contributed by atoms with Gasteiger partial charge in [-0.3, -0.25) is 9.69 Å². The molecule has 2 aromatic carbocycles. The zero-order valence-electron chi connectivity index (χ0n) is 16.5. The maximum absolute atomic E-state index is 14.7. The van der Waals surface area contributed by atoms with E-state index in [2.05, 4.69) is 34.3 Å². The van der Waals surface area contributed by atoms with Gasteiger partial charge in [-0.2, -0.15) is 0 Å². The zero-order chi connectivity index (χ0) is 20.5. The van der Waals surface area contributed by atoms with E-state index in [4.69, 9.17) is 0 Å². The molecule has 0 bridgehead atoms. The minimum absolute atomic E-state index is 0.301. The van der Waals surface area contributed by atoms with Crippen molar-refractivity contribution in [3.63, 3.8) is 0 Å². The van der Waals surface area contributed by atoms with Crippen molar-refractivity contribution in [2.45, 2.75) is 19.9 Å². The summed E-state index contributed by atoms with van der Waals surface area (Å²) in [6, 6.07) is 9.62. The van der Waals surface area contributed by atoms with E-state index < -0.39 is 5.82 Å². The number of carbonyl (C=O) groups is 1. The van der Waals surface area contributed by atoms with Crippen molar-refractivity contribution in [1.82, 2.24) is 4.90 Å². The number of carbonyl (C=O) groups excluding carboxylic acids is 1. The van der Waals surface area contributed by atoms with Crippen LogP contribution >= 0.6 is 0 Å². The molecule has 7 heteroatoms. The Morgan fingerprint density at radius 3 is 2.52 bits per heavy atom. The monoisotopic (exact) mass is 398 g/mol. The Balaban J connectivity index is 1.47. The fourth-order valence-corrected chi connectivity index (χ4v) is 3.80. The van der Waals surface area contributed by atoms with Crippen LogP contribution in [0, 0.1) is 11.6 Å². The number of nitrogens with zero attached hydrogens (tertiary/aromatic N) is 2. The molecule has 152 valence electrons. The van der Waals surface area contributed by atoms with Gasteiger partial charge in [0.15, 0.2) is 0 Å². The fourth-order valence-electron chi connectivity index (χ4n) is 3.80. The summed E-state index contributed by atoms with van der Waals surface area (Å²) >= 11 is 0. The topological polar surface area (TPSA) is 47.6 Å². The first-order valence-corrected chi connectivity index (χ1v) is 9.79. The second-order valence-electron chi connectivity index (χ2n) is 7.63. The average molecular weight is 398 g/mol. The van der Waals surface area contributed by atoms with Crippen molar-refractivity contribution in [2.75, 3.05) is 41.7 Å². The van der Waals surface area contributed by atoms with E-state index in [0.717, 1.165) is 26.2 Å². The number of nitrogens with one attached hydrogen (secondary N) is 2. The van der Waals surface area contributed by atoms with Gasteiger partial charge in [0.2, 0.25) is 0 Å². The third kappa shape index (κ3) is 3.96. The Labute approximate surface area is 169 Å². The summed E-state index contributed by atoms with van der Waals surface area (Å²) in [6.07, 6.45) is 1.52. The Hall–Kier alpha value is -2.93. The number of fused-ring (bicyclic) bond motifs is 1. The number of anilines is 3. The van der Waals surface area contributed by atoms with Crippen LogP contribution in [0.4, 0.5) is 25.8 Å². The highest BCUT2D eigenvalue weighted by atomic mass is 19.1. The molecule has 0 radical (unpaired) electrons. The lowest BCUT2D eigenvalue weighted by Gasteiger charge is -2.38. The molecule has 0 saturated carbocycles. The molecule has 0 spiro atoms. The van der Waals surface area contributed by atoms with Crippen LogP contribution in [0.1, 0.15) is 19.4 Å². The van der Waals surface area contributed by atoms with Gasteiger partial charge >= 0.3 is 0 Å². The number of hydrogen-bond donors (Lipinski definition) is 2. The van der Waals surface area contributed by atoms with E-state index in [1.165, 1.54) is 24.4 Å². The highest BCUT2D eigenvalue weighted by Gasteiger charge is 2.24. The van der Waals surface area contributed by atoms with E-state index in [-0.39, 0.29) is 11.7 Å². The molecule has 4 rings (SSSR count). The van der Waals surface area contributed by atoms with E-state index in [1.54, 1.807) is 18.2 Å². The van der Waals surface area contributed by atoms with Gasteiger partial charge in [-0.05, 0) is 50.2 Å². The first-order chi connectivity index (χ1) is 13.9. The molecule has 0 aromatic heterocycles. The molecule has 1 amide bonds. The maximum Gasteiger partial charge on any atom is 0.257 e. The molecule has 0 atom stereocenters. The van der Waals surface area contributed by atoms with Crippen molar-refractivity contribution >= 4 is 28.5 Å². The molecule has 1 saturated heterocycles. The highest BCUT2D eigenvalue weighted by Crippen LogP contribution is 2.32. The first kappa shape index (κ1) is 19.4. The normalized spacial score (nSPS) is 18.3. The van der Waals surface area contributed by atoms with Crippen molar-refractivity contribution < 1.29 is 13.6 Å². The van der Waals surface area contributed by atoms with Crippen LogP contribution in [0.3, 0.4) is 0 Å². The highest BCUT2D eigenvalue weighted by molar-refractivity contribution is 6.31. The SMILES string of the molecule is CC(C)N1CCN(c2ccc(NC=C3C(=O)Nc4cc(F)ccc43)cc2F)CC1. The third-order valence-corrected chi connectivity index (χ3v) is 5.48. The molecule has 5 nitrogen and oxygen atoms in total. The Bertz CT molecular complexity index is 965. The summed E-state index contributed by atoms with van der Waals surface area (Å²) in [5.41, 5.74) is 2.57. The Morgan fingerprint density at radius 2 is 1.83 bits per heavy atom. The number of hydrogen-bond acceptors (Lipinski definition) is 4. The van der Waals surface area contributed by atoms with Gasteiger partial charge in [0.25, 0.3) is 5.91 Å². The first-order valence-electron chi connectivity index (χ1n) is 9.79. The lowest BCUT2D eigenvalue weighted by molar-refractivity contribution is -0.110. The minimum atomic E-state index is -0.412. The van der Waals surface area contributed by atoms with E-state index in [9.17, 15) is 13.6 Å². The summed E-state index contributed by atoms with van der Waals surface area (Å²) in [7, 11) is 0. The Kier molecular flexibility index (Phi) is 5.24. The van der Waals surface area contributed by atoms with Gasteiger partial charge in [0, 0.05) is 49.7 Å². The predicted octanol–water partition coefficient (Wildman–Crippen LogP) is 3.90. The van der Waals surface area contributed by atoms with Crippen LogP contribution in [-0.4, -0.2) is 43.0 Å². The lowest BCUT2D eigenvalue weighted by atomic mass is 10.1. The summed E-state index contributed by atoms with van der Waals surface area (Å²) in [4.78, 5) is 16.6. The fraction of sp³-hybridized carbons (Fsp3) is 0.318. The maximum atomic E-state index is 14.7. The van der Waals surface area contributed by atoms with Crippen LogP contribution in [0.25, 0.3) is 5.57 Å². The third-order valence-electron chi connectivity index (χ3n) is 5.48. The molecule has 0 aliphatic carbocycles. The number of rotatable bonds is 4. The summed E-state index contributed by atoms with van der Waals surface area (Å²) in [6.45, 7) is 7.75. The quantitative estimate of drug-likeness (QED) is 0.767. The van der Waals surface area contributed by atoms with Crippen molar-refractivity contribution in [3.05, 3.63) is 59.8 Å². The van der Waals surface area contributed by atoms with Gasteiger partial charge in [-0.1, -0.05) is 0 Å². The largest absolute Gasteiger partial charge is 0.367 e. The van der Waals surface area contributed by atoms with Gasteiger partial charge < -0.3 is 15.5 Å². The smallest absolute Gasteiger partial charge is 0.257 e. The number of halogens is 2. The van der Waals surface area contributed by atoms with Crippen molar-refractivity contribution in [1.29, 1.82) is 0 Å². The van der Waals surface area contributed by atoms with Gasteiger partial charge in [-0.15, -0.1) is 0 Å². The van der Waals surface area contributed by atoms with Gasteiger partial charge in [0.05, 0.1) is 16.9 Å². The number of benzene rings is 2. The van der Waals surface area contributed by atoms with Crippen LogP contribution in [0.2, 0.25) is 0 Å². The van der Waals surface area contributed by atoms with Crippen LogP contribution in [-0.2, 0) is 4.79 Å². The summed E-state index contributed by atoms with van der Waals surface area (Å²) in [5, 5.41) is 5.61. The molecule has 0 unspecified atom stereocenters. The Morgan fingerprint density at radius 1 is 1.07 bits per heavy atom. The number of amides is 1. The van der Waals surface area contributed by atoms with Crippen LogP contribution in [0.5, 0.6) is 0 Å². The van der Waals surface area contributed by atoms with Crippen LogP contribution in [0.15, 0.2) is 42.6 Å². The molecule has 29 heavy (non-hydrogen) atoms. The van der Waals surface area contributed by atoms with E-state index >= 15 is 0 Å². The standard InChI is InChI=1S/C22H24F2N4O/c1-14(2)27-7-9-28(10-8-27)21-6-4-16(12-19(21)24)25-13-18-17-5-3-15(23)11-20(17)26-22(18)29/h3-6,11-14,25H,7-10H2,1-2H3,(H,26,29). The molecular weight excluding hydrogens is 374 g/mol. The summed E-state index contributed by atoms with van der Waals surface area (Å²) < 4.78 is 28.0. The van der Waals surface area contributed by atoms with Crippen LogP contribution < -0.4 is 15.5 Å². The van der Waals surface area contributed by atoms with E-state index in [0.29, 0.717) is 34.2 Å². The lowest BCUT2D eigenvalue weighted by Crippen LogP contribution is -2.49. The van der Waals surface area contributed by atoms with Crippen molar-refractivity contribution in [3.8, 4) is 0 Å². The summed E-state index contributed by atoms with van der Waals surface area (Å²) in [5.74, 6) is -1.03. The molecule has 2 aromatic rings. The van der Waals surface area contributed by atoms with Gasteiger partial charge in [-0.25, -0.2) is 8.78 Å². The number of piperazine rings is 1. The zero-order valence-corrected chi connectivity index (χ0v) is 16.5. The second-order valence-corrected chi connectivity index (χ2v) is 7.63. The molecule has 2 N–H and O–H groups in total. The predicted molar refractivity (Wildman–Crippen MR) is 112 cm³/mol. The minimum Gasteiger partial charge on any atom is -0.367 e. The average Bonchev–Trinajstić information content (AvgIpc) is 3.00. The molecule has 2 aliphatic heterocycles. The second kappa shape index (κ2) is 7.83. The molecule has 2 heterocycles. The molecule has 2 aliphatic rings.